The number of aromatic nitrogens is 2. The molecule has 0 amide bonds. The standard InChI is InChI=1S/C10H15N3O3/c1-2-15-10(14)4-3-6-11-7-5-9-12-8-16-13-9/h3-4,8,11H,2,5-7H2,1H3/b4-3+. The monoisotopic (exact) mass is 225 g/mol. The van der Waals surface area contributed by atoms with Crippen LogP contribution < -0.4 is 5.32 Å². The van der Waals surface area contributed by atoms with Gasteiger partial charge in [-0.15, -0.1) is 0 Å². The molecule has 0 spiro atoms. The van der Waals surface area contributed by atoms with Gasteiger partial charge in [-0.25, -0.2) is 4.79 Å². The lowest BCUT2D eigenvalue weighted by Crippen LogP contribution is -2.17. The van der Waals surface area contributed by atoms with Gasteiger partial charge in [-0.2, -0.15) is 4.98 Å². The SMILES string of the molecule is CCOC(=O)/C=C/CNCCc1ncon1. The minimum atomic E-state index is -0.317. The van der Waals surface area contributed by atoms with Gasteiger partial charge in [-0.3, -0.25) is 0 Å². The Bertz CT molecular complexity index is 322. The van der Waals surface area contributed by atoms with E-state index in [1.165, 1.54) is 12.5 Å². The highest BCUT2D eigenvalue weighted by Gasteiger charge is 1.96. The highest BCUT2D eigenvalue weighted by molar-refractivity contribution is 5.81. The summed E-state index contributed by atoms with van der Waals surface area (Å²) in [7, 11) is 0. The molecule has 6 nitrogen and oxygen atoms in total. The Balaban J connectivity index is 2.01. The number of hydrogen-bond donors (Lipinski definition) is 1. The van der Waals surface area contributed by atoms with E-state index in [9.17, 15) is 4.79 Å². The quantitative estimate of drug-likeness (QED) is 0.409. The van der Waals surface area contributed by atoms with Gasteiger partial charge in [0, 0.05) is 25.6 Å². The fourth-order valence-electron chi connectivity index (χ4n) is 1.03. The molecule has 0 atom stereocenters. The summed E-state index contributed by atoms with van der Waals surface area (Å²) in [4.78, 5) is 14.8. The van der Waals surface area contributed by atoms with Gasteiger partial charge in [0.1, 0.15) is 0 Å². The molecule has 1 aromatic rings. The van der Waals surface area contributed by atoms with Gasteiger partial charge in [-0.05, 0) is 6.92 Å². The van der Waals surface area contributed by atoms with E-state index in [0.717, 1.165) is 6.54 Å². The molecule has 1 heterocycles. The zero-order valence-electron chi connectivity index (χ0n) is 9.18. The van der Waals surface area contributed by atoms with Crippen LogP contribution in [0.15, 0.2) is 23.1 Å². The van der Waals surface area contributed by atoms with Gasteiger partial charge in [0.2, 0.25) is 6.39 Å². The second-order valence-corrected chi connectivity index (χ2v) is 2.96. The molecule has 16 heavy (non-hydrogen) atoms. The van der Waals surface area contributed by atoms with E-state index < -0.39 is 0 Å². The Labute approximate surface area is 93.7 Å². The minimum Gasteiger partial charge on any atom is -0.463 e. The molecule has 1 rings (SSSR count). The average molecular weight is 225 g/mol. The molecule has 0 unspecified atom stereocenters. The molecule has 0 aliphatic rings. The Hall–Kier alpha value is -1.69. The van der Waals surface area contributed by atoms with Crippen molar-refractivity contribution in [2.75, 3.05) is 19.7 Å². The van der Waals surface area contributed by atoms with Crippen LogP contribution in [-0.4, -0.2) is 35.8 Å². The van der Waals surface area contributed by atoms with Crippen molar-refractivity contribution < 1.29 is 14.1 Å². The Morgan fingerprint density at radius 2 is 2.56 bits per heavy atom. The molecule has 0 saturated carbocycles. The molecule has 1 N–H and O–H groups in total. The van der Waals surface area contributed by atoms with Crippen molar-refractivity contribution in [1.82, 2.24) is 15.5 Å². The van der Waals surface area contributed by atoms with Gasteiger partial charge in [-0.1, -0.05) is 11.2 Å². The van der Waals surface area contributed by atoms with E-state index >= 15 is 0 Å². The molecule has 0 fully saturated rings. The summed E-state index contributed by atoms with van der Waals surface area (Å²) in [5, 5.41) is 6.77. The molecule has 0 bridgehead atoms. The van der Waals surface area contributed by atoms with Gasteiger partial charge in [0.25, 0.3) is 0 Å². The molecule has 1 aromatic heterocycles. The van der Waals surface area contributed by atoms with E-state index in [0.29, 0.717) is 25.4 Å². The Morgan fingerprint density at radius 1 is 1.69 bits per heavy atom. The summed E-state index contributed by atoms with van der Waals surface area (Å²) in [6.07, 6.45) is 5.12. The van der Waals surface area contributed by atoms with Crippen LogP contribution in [0.1, 0.15) is 12.7 Å². The molecule has 0 aliphatic carbocycles. The minimum absolute atomic E-state index is 0.317. The first-order valence-corrected chi connectivity index (χ1v) is 5.12. The van der Waals surface area contributed by atoms with Crippen molar-refractivity contribution in [3.05, 3.63) is 24.4 Å². The summed E-state index contributed by atoms with van der Waals surface area (Å²) in [6, 6.07) is 0. The zero-order valence-corrected chi connectivity index (χ0v) is 9.18. The van der Waals surface area contributed by atoms with Crippen molar-refractivity contribution in [2.45, 2.75) is 13.3 Å². The first kappa shape index (κ1) is 12.4. The van der Waals surface area contributed by atoms with E-state index in [-0.39, 0.29) is 5.97 Å². The normalized spacial score (nSPS) is 10.8. The van der Waals surface area contributed by atoms with Gasteiger partial charge in [0.05, 0.1) is 6.61 Å². The second-order valence-electron chi connectivity index (χ2n) is 2.96. The highest BCUT2D eigenvalue weighted by atomic mass is 16.5. The summed E-state index contributed by atoms with van der Waals surface area (Å²) < 4.78 is 9.31. The lowest BCUT2D eigenvalue weighted by molar-refractivity contribution is -0.137. The smallest absolute Gasteiger partial charge is 0.330 e. The van der Waals surface area contributed by atoms with E-state index in [1.807, 2.05) is 0 Å². The molecular weight excluding hydrogens is 210 g/mol. The van der Waals surface area contributed by atoms with Crippen molar-refractivity contribution in [2.24, 2.45) is 0 Å². The lowest BCUT2D eigenvalue weighted by atomic mass is 10.4. The van der Waals surface area contributed by atoms with Crippen LogP contribution in [0.2, 0.25) is 0 Å². The molecule has 0 radical (unpaired) electrons. The third-order valence-corrected chi connectivity index (χ3v) is 1.74. The van der Waals surface area contributed by atoms with Gasteiger partial charge in [0.15, 0.2) is 5.82 Å². The van der Waals surface area contributed by atoms with Crippen molar-refractivity contribution in [3.63, 3.8) is 0 Å². The maximum Gasteiger partial charge on any atom is 0.330 e. The number of nitrogens with zero attached hydrogens (tertiary/aromatic N) is 2. The largest absolute Gasteiger partial charge is 0.463 e. The summed E-state index contributed by atoms with van der Waals surface area (Å²) in [6.45, 7) is 3.51. The topological polar surface area (TPSA) is 77.2 Å². The van der Waals surface area contributed by atoms with Crippen molar-refractivity contribution in [1.29, 1.82) is 0 Å². The fraction of sp³-hybridized carbons (Fsp3) is 0.500. The molecule has 0 aliphatic heterocycles. The Morgan fingerprint density at radius 3 is 3.25 bits per heavy atom. The molecule has 0 aromatic carbocycles. The molecule has 88 valence electrons. The first-order valence-electron chi connectivity index (χ1n) is 5.12. The fourth-order valence-corrected chi connectivity index (χ4v) is 1.03. The van der Waals surface area contributed by atoms with Crippen LogP contribution in [0.4, 0.5) is 0 Å². The number of ether oxygens (including phenoxy) is 1. The van der Waals surface area contributed by atoms with Crippen LogP contribution in [0, 0.1) is 0 Å². The number of carbonyl (C=O) groups is 1. The van der Waals surface area contributed by atoms with Crippen LogP contribution >= 0.6 is 0 Å². The van der Waals surface area contributed by atoms with E-state index in [1.54, 1.807) is 13.0 Å². The number of carbonyl (C=O) groups excluding carboxylic acids is 1. The van der Waals surface area contributed by atoms with Crippen LogP contribution in [0.3, 0.4) is 0 Å². The molecular formula is C10H15N3O3. The summed E-state index contributed by atoms with van der Waals surface area (Å²) >= 11 is 0. The third kappa shape index (κ3) is 5.26. The third-order valence-electron chi connectivity index (χ3n) is 1.74. The summed E-state index contributed by atoms with van der Waals surface area (Å²) in [5.74, 6) is 0.351. The predicted molar refractivity (Wildman–Crippen MR) is 56.6 cm³/mol. The lowest BCUT2D eigenvalue weighted by Gasteiger charge is -1.98. The molecule has 6 heteroatoms. The zero-order chi connectivity index (χ0) is 11.6. The van der Waals surface area contributed by atoms with Crippen molar-refractivity contribution in [3.8, 4) is 0 Å². The predicted octanol–water partition coefficient (Wildman–Crippen LogP) is 0.321. The van der Waals surface area contributed by atoms with Gasteiger partial charge >= 0.3 is 5.97 Å². The average Bonchev–Trinajstić information content (AvgIpc) is 2.76. The molecule has 0 saturated heterocycles. The van der Waals surface area contributed by atoms with Crippen molar-refractivity contribution >= 4 is 5.97 Å². The number of hydrogen-bond acceptors (Lipinski definition) is 6. The van der Waals surface area contributed by atoms with Crippen LogP contribution in [0.25, 0.3) is 0 Å². The first-order chi connectivity index (χ1) is 7.83. The van der Waals surface area contributed by atoms with Gasteiger partial charge < -0.3 is 14.6 Å². The highest BCUT2D eigenvalue weighted by Crippen LogP contribution is 1.87. The maximum atomic E-state index is 10.9. The number of nitrogens with one attached hydrogen (secondary N) is 1. The Kier molecular flexibility index (Phi) is 5.87. The number of esters is 1. The van der Waals surface area contributed by atoms with E-state index in [4.69, 9.17) is 4.74 Å². The van der Waals surface area contributed by atoms with E-state index in [2.05, 4.69) is 20.0 Å². The second kappa shape index (κ2) is 7.58. The summed E-state index contributed by atoms with van der Waals surface area (Å²) in [5.41, 5.74) is 0. The number of rotatable bonds is 7. The maximum absolute atomic E-state index is 10.9. The van der Waals surface area contributed by atoms with Crippen LogP contribution in [0.5, 0.6) is 0 Å². The van der Waals surface area contributed by atoms with Crippen LogP contribution in [-0.2, 0) is 16.0 Å².